The molecule has 0 saturated carbocycles. The number of thioether (sulfide) groups is 1. The minimum Gasteiger partial charge on any atom is -0.296 e. The van der Waals surface area contributed by atoms with Gasteiger partial charge >= 0.3 is 0 Å². The van der Waals surface area contributed by atoms with E-state index < -0.39 is 0 Å². The van der Waals surface area contributed by atoms with Gasteiger partial charge in [-0.15, -0.1) is 11.8 Å². The van der Waals surface area contributed by atoms with Crippen molar-refractivity contribution in [3.63, 3.8) is 0 Å². The predicted molar refractivity (Wildman–Crippen MR) is 73.4 cm³/mol. The van der Waals surface area contributed by atoms with E-state index in [-0.39, 0.29) is 5.91 Å². The Bertz CT molecular complexity index is 582. The Labute approximate surface area is 113 Å². The van der Waals surface area contributed by atoms with E-state index >= 15 is 0 Å². The predicted octanol–water partition coefficient (Wildman–Crippen LogP) is 2.52. The second-order valence-corrected chi connectivity index (χ2v) is 5.61. The molecule has 0 aliphatic carbocycles. The standard InChI is InChI=1S/C11H12N4OS2/c1-6-10(17-3)18-11(13-6)15-9(16)8-4-5-12-7(2)14-8/h4-5H,1-3H3,(H,13,15,16). The molecule has 94 valence electrons. The van der Waals surface area contributed by atoms with E-state index in [0.717, 1.165) is 9.90 Å². The summed E-state index contributed by atoms with van der Waals surface area (Å²) < 4.78 is 1.10. The lowest BCUT2D eigenvalue weighted by Crippen LogP contribution is -2.14. The largest absolute Gasteiger partial charge is 0.296 e. The Morgan fingerprint density at radius 3 is 2.78 bits per heavy atom. The number of nitrogens with one attached hydrogen (secondary N) is 1. The molecule has 0 spiro atoms. The summed E-state index contributed by atoms with van der Waals surface area (Å²) in [4.78, 5) is 24.2. The quantitative estimate of drug-likeness (QED) is 0.875. The van der Waals surface area contributed by atoms with Crippen LogP contribution in [-0.4, -0.2) is 27.1 Å². The van der Waals surface area contributed by atoms with Crippen LogP contribution in [0.5, 0.6) is 0 Å². The number of anilines is 1. The van der Waals surface area contributed by atoms with Gasteiger partial charge < -0.3 is 0 Å². The SMILES string of the molecule is CSc1sc(NC(=O)c2ccnc(C)n2)nc1C. The highest BCUT2D eigenvalue weighted by Gasteiger charge is 2.12. The smallest absolute Gasteiger partial charge is 0.276 e. The first-order chi connectivity index (χ1) is 8.60. The lowest BCUT2D eigenvalue weighted by Gasteiger charge is -2.00. The van der Waals surface area contributed by atoms with Crippen molar-refractivity contribution in [2.75, 3.05) is 11.6 Å². The van der Waals surface area contributed by atoms with Gasteiger partial charge in [-0.3, -0.25) is 10.1 Å². The maximum absolute atomic E-state index is 11.9. The Morgan fingerprint density at radius 2 is 2.17 bits per heavy atom. The maximum atomic E-state index is 11.9. The van der Waals surface area contributed by atoms with Gasteiger partial charge in [0.15, 0.2) is 5.13 Å². The van der Waals surface area contributed by atoms with Gasteiger partial charge in [0.25, 0.3) is 5.91 Å². The second kappa shape index (κ2) is 5.45. The average molecular weight is 280 g/mol. The molecule has 0 atom stereocenters. The molecule has 0 aliphatic rings. The molecule has 0 fully saturated rings. The first kappa shape index (κ1) is 13.0. The molecule has 1 N–H and O–H groups in total. The zero-order valence-electron chi connectivity index (χ0n) is 10.2. The van der Waals surface area contributed by atoms with Crippen molar-refractivity contribution in [1.82, 2.24) is 15.0 Å². The zero-order chi connectivity index (χ0) is 13.1. The van der Waals surface area contributed by atoms with Gasteiger partial charge in [0.2, 0.25) is 0 Å². The molecule has 0 saturated heterocycles. The van der Waals surface area contributed by atoms with Crippen molar-refractivity contribution in [2.24, 2.45) is 0 Å². The van der Waals surface area contributed by atoms with Crippen LogP contribution in [0.2, 0.25) is 0 Å². The molecule has 5 nitrogen and oxygen atoms in total. The topological polar surface area (TPSA) is 67.8 Å². The van der Waals surface area contributed by atoms with Crippen molar-refractivity contribution >= 4 is 34.1 Å². The molecular weight excluding hydrogens is 268 g/mol. The summed E-state index contributed by atoms with van der Waals surface area (Å²) in [6.45, 7) is 3.67. The summed E-state index contributed by atoms with van der Waals surface area (Å²) in [7, 11) is 0. The number of nitrogens with zero attached hydrogens (tertiary/aromatic N) is 3. The molecule has 0 aliphatic heterocycles. The van der Waals surface area contributed by atoms with E-state index in [9.17, 15) is 4.79 Å². The molecule has 0 bridgehead atoms. The Balaban J connectivity index is 2.16. The highest BCUT2D eigenvalue weighted by molar-refractivity contribution is 8.00. The number of aromatic nitrogens is 3. The molecule has 18 heavy (non-hydrogen) atoms. The number of rotatable bonds is 3. The summed E-state index contributed by atoms with van der Waals surface area (Å²) >= 11 is 3.08. The van der Waals surface area contributed by atoms with E-state index in [1.54, 1.807) is 30.9 Å². The van der Waals surface area contributed by atoms with E-state index in [2.05, 4.69) is 20.3 Å². The van der Waals surface area contributed by atoms with Gasteiger partial charge in [-0.1, -0.05) is 11.3 Å². The maximum Gasteiger partial charge on any atom is 0.276 e. The highest BCUT2D eigenvalue weighted by Crippen LogP contribution is 2.30. The lowest BCUT2D eigenvalue weighted by molar-refractivity contribution is 0.102. The molecule has 0 unspecified atom stereocenters. The summed E-state index contributed by atoms with van der Waals surface area (Å²) in [5.41, 5.74) is 1.28. The normalized spacial score (nSPS) is 10.4. The van der Waals surface area contributed by atoms with Crippen LogP contribution in [0.25, 0.3) is 0 Å². The van der Waals surface area contributed by atoms with Gasteiger partial charge in [0.1, 0.15) is 11.5 Å². The van der Waals surface area contributed by atoms with E-state index in [1.165, 1.54) is 11.3 Å². The van der Waals surface area contributed by atoms with Gasteiger partial charge in [-0.05, 0) is 26.2 Å². The van der Waals surface area contributed by atoms with Crippen LogP contribution in [0.4, 0.5) is 5.13 Å². The van der Waals surface area contributed by atoms with Gasteiger partial charge in [0.05, 0.1) is 9.90 Å². The minimum absolute atomic E-state index is 0.262. The lowest BCUT2D eigenvalue weighted by atomic mass is 10.4. The van der Waals surface area contributed by atoms with Crippen LogP contribution < -0.4 is 5.32 Å². The third-order valence-electron chi connectivity index (χ3n) is 2.17. The van der Waals surface area contributed by atoms with Gasteiger partial charge in [0, 0.05) is 6.20 Å². The molecule has 0 aromatic carbocycles. The number of carbonyl (C=O) groups excluding carboxylic acids is 1. The van der Waals surface area contributed by atoms with Crippen molar-refractivity contribution in [3.8, 4) is 0 Å². The summed E-state index contributed by atoms with van der Waals surface area (Å²) in [6, 6.07) is 1.58. The van der Waals surface area contributed by atoms with Gasteiger partial charge in [-0.2, -0.15) is 0 Å². The number of thiazole rings is 1. The molecule has 2 aromatic heterocycles. The van der Waals surface area contributed by atoms with Crippen LogP contribution in [0.1, 0.15) is 22.0 Å². The van der Waals surface area contributed by atoms with Crippen LogP contribution in [0.15, 0.2) is 16.5 Å². The fraction of sp³-hybridized carbons (Fsp3) is 0.273. The van der Waals surface area contributed by atoms with Crippen LogP contribution in [-0.2, 0) is 0 Å². The van der Waals surface area contributed by atoms with Crippen LogP contribution in [0, 0.1) is 13.8 Å². The second-order valence-electron chi connectivity index (χ2n) is 3.54. The minimum atomic E-state index is -0.262. The number of hydrogen-bond donors (Lipinski definition) is 1. The first-order valence-corrected chi connectivity index (χ1v) is 7.26. The average Bonchev–Trinajstić information content (AvgIpc) is 2.69. The molecule has 2 heterocycles. The third kappa shape index (κ3) is 2.85. The van der Waals surface area contributed by atoms with Crippen molar-refractivity contribution in [3.05, 3.63) is 29.5 Å². The molecule has 0 radical (unpaired) electrons. The van der Waals surface area contributed by atoms with Crippen LogP contribution in [0.3, 0.4) is 0 Å². The molecule has 7 heteroatoms. The van der Waals surface area contributed by atoms with Crippen molar-refractivity contribution in [2.45, 2.75) is 18.1 Å². The monoisotopic (exact) mass is 280 g/mol. The number of amides is 1. The highest BCUT2D eigenvalue weighted by atomic mass is 32.2. The zero-order valence-corrected chi connectivity index (χ0v) is 11.9. The summed E-state index contributed by atoms with van der Waals surface area (Å²) in [6.07, 6.45) is 3.55. The third-order valence-corrected chi connectivity index (χ3v) is 4.45. The van der Waals surface area contributed by atoms with Gasteiger partial charge in [-0.25, -0.2) is 15.0 Å². The Kier molecular flexibility index (Phi) is 3.93. The fourth-order valence-electron chi connectivity index (χ4n) is 1.37. The molecule has 1 amide bonds. The van der Waals surface area contributed by atoms with E-state index in [1.807, 2.05) is 13.2 Å². The van der Waals surface area contributed by atoms with Crippen LogP contribution >= 0.6 is 23.1 Å². The van der Waals surface area contributed by atoms with Crippen molar-refractivity contribution < 1.29 is 4.79 Å². The molecule has 2 rings (SSSR count). The Hall–Kier alpha value is -1.47. The fourth-order valence-corrected chi connectivity index (χ4v) is 2.98. The van der Waals surface area contributed by atoms with E-state index in [0.29, 0.717) is 16.6 Å². The summed E-state index contributed by atoms with van der Waals surface area (Å²) in [5.74, 6) is 0.310. The van der Waals surface area contributed by atoms with E-state index in [4.69, 9.17) is 0 Å². The number of aryl methyl sites for hydroxylation is 2. The molecular formula is C11H12N4OS2. The number of hydrogen-bond acceptors (Lipinski definition) is 6. The summed E-state index contributed by atoms with van der Waals surface area (Å²) in [5, 5.41) is 3.34. The first-order valence-electron chi connectivity index (χ1n) is 5.22. The van der Waals surface area contributed by atoms with Crippen molar-refractivity contribution in [1.29, 1.82) is 0 Å². The Morgan fingerprint density at radius 1 is 1.39 bits per heavy atom. The molecule has 2 aromatic rings. The number of carbonyl (C=O) groups is 1.